The van der Waals surface area contributed by atoms with Crippen molar-refractivity contribution < 1.29 is 18.3 Å². The molecule has 1 amide bonds. The molecule has 2 aliphatic rings. The van der Waals surface area contributed by atoms with Gasteiger partial charge in [-0.1, -0.05) is 23.2 Å². The summed E-state index contributed by atoms with van der Waals surface area (Å²) in [4.78, 5) is 18.3. The Morgan fingerprint density at radius 1 is 1.36 bits per heavy atom. The number of pyridine rings is 1. The predicted octanol–water partition coefficient (Wildman–Crippen LogP) is 4.53. The van der Waals surface area contributed by atoms with Crippen molar-refractivity contribution >= 4 is 29.1 Å². The van der Waals surface area contributed by atoms with Crippen molar-refractivity contribution in [3.63, 3.8) is 0 Å². The summed E-state index contributed by atoms with van der Waals surface area (Å²) in [6, 6.07) is 1.47. The lowest BCUT2D eigenvalue weighted by molar-refractivity contribution is 0.0452. The number of carbonyl (C=O) groups excluding carboxylic acids is 1. The third-order valence-corrected chi connectivity index (χ3v) is 5.08. The quantitative estimate of drug-likeness (QED) is 0.695. The van der Waals surface area contributed by atoms with Gasteiger partial charge >= 0.3 is 0 Å². The number of fused-ring (bicyclic) bond motifs is 1. The van der Waals surface area contributed by atoms with Gasteiger partial charge in [0, 0.05) is 23.7 Å². The highest BCUT2D eigenvalue weighted by Crippen LogP contribution is 2.35. The molecule has 1 aromatic rings. The van der Waals surface area contributed by atoms with E-state index in [-0.39, 0.29) is 11.9 Å². The second kappa shape index (κ2) is 7.30. The molecule has 0 N–H and O–H groups in total. The molecule has 2 heterocycles. The molecule has 0 radical (unpaired) electrons. The molecule has 1 unspecified atom stereocenters. The maximum absolute atomic E-state index is 12.6. The van der Waals surface area contributed by atoms with E-state index in [4.69, 9.17) is 27.9 Å². The van der Waals surface area contributed by atoms with Crippen LogP contribution in [0.15, 0.2) is 34.7 Å². The van der Waals surface area contributed by atoms with Gasteiger partial charge in [0.25, 0.3) is 12.3 Å². The average Bonchev–Trinajstić information content (AvgIpc) is 2.91. The maximum Gasteiger partial charge on any atom is 0.272 e. The van der Waals surface area contributed by atoms with E-state index in [2.05, 4.69) is 4.98 Å². The van der Waals surface area contributed by atoms with E-state index >= 15 is 0 Å². The molecular weight excluding hydrogens is 373 g/mol. The molecule has 0 fully saturated rings. The number of alkyl halides is 2. The number of allylic oxidation sites excluding steroid dienone is 3. The Morgan fingerprint density at radius 3 is 2.76 bits per heavy atom. The highest BCUT2D eigenvalue weighted by Gasteiger charge is 2.34. The van der Waals surface area contributed by atoms with Crippen molar-refractivity contribution in [3.05, 3.63) is 51.0 Å². The molecular formula is C17H16Cl2F2N2O2. The van der Waals surface area contributed by atoms with Crippen molar-refractivity contribution in [1.29, 1.82) is 0 Å². The van der Waals surface area contributed by atoms with Crippen LogP contribution >= 0.6 is 23.2 Å². The van der Waals surface area contributed by atoms with E-state index in [0.717, 1.165) is 11.1 Å². The van der Waals surface area contributed by atoms with Crippen LogP contribution in [0.2, 0.25) is 5.15 Å². The molecule has 4 nitrogen and oxygen atoms in total. The lowest BCUT2D eigenvalue weighted by Crippen LogP contribution is -2.35. The van der Waals surface area contributed by atoms with Crippen LogP contribution in [0.5, 0.6) is 0 Å². The molecule has 0 bridgehead atoms. The van der Waals surface area contributed by atoms with E-state index in [9.17, 15) is 13.6 Å². The van der Waals surface area contributed by atoms with Crippen molar-refractivity contribution in [3.8, 4) is 0 Å². The van der Waals surface area contributed by atoms with Crippen LogP contribution in [-0.2, 0) is 11.3 Å². The Bertz CT molecular complexity index is 765. The minimum absolute atomic E-state index is 0.104. The first-order valence-corrected chi connectivity index (χ1v) is 8.58. The summed E-state index contributed by atoms with van der Waals surface area (Å²) in [6.45, 7) is 1.62. The van der Waals surface area contributed by atoms with Gasteiger partial charge < -0.3 is 9.64 Å². The summed E-state index contributed by atoms with van der Waals surface area (Å²) in [6.07, 6.45) is 1.69. The van der Waals surface area contributed by atoms with Gasteiger partial charge in [0.05, 0.1) is 17.6 Å². The summed E-state index contributed by atoms with van der Waals surface area (Å²) in [7, 11) is 0. The van der Waals surface area contributed by atoms with Crippen LogP contribution in [0.1, 0.15) is 35.7 Å². The van der Waals surface area contributed by atoms with Crippen LogP contribution in [0, 0.1) is 0 Å². The lowest BCUT2D eigenvalue weighted by Gasteiger charge is -2.29. The summed E-state index contributed by atoms with van der Waals surface area (Å²) in [5, 5.41) is 0.636. The van der Waals surface area contributed by atoms with E-state index in [1.54, 1.807) is 17.0 Å². The molecule has 1 aliphatic carbocycles. The van der Waals surface area contributed by atoms with Crippen molar-refractivity contribution in [2.75, 3.05) is 6.61 Å². The first-order valence-electron chi connectivity index (χ1n) is 7.83. The Hall–Kier alpha value is -1.66. The first kappa shape index (κ1) is 18.1. The van der Waals surface area contributed by atoms with Gasteiger partial charge in [0.2, 0.25) is 0 Å². The van der Waals surface area contributed by atoms with E-state index in [1.165, 1.54) is 6.20 Å². The number of halogens is 4. The highest BCUT2D eigenvalue weighted by atomic mass is 35.5. The van der Waals surface area contributed by atoms with Crippen molar-refractivity contribution in [2.45, 2.75) is 38.8 Å². The summed E-state index contributed by atoms with van der Waals surface area (Å²) >= 11 is 12.2. The van der Waals surface area contributed by atoms with E-state index in [0.29, 0.717) is 40.9 Å². The van der Waals surface area contributed by atoms with E-state index in [1.807, 2.05) is 6.92 Å². The zero-order chi connectivity index (χ0) is 18.1. The number of hydrogen-bond donors (Lipinski definition) is 0. The Morgan fingerprint density at radius 2 is 2.12 bits per heavy atom. The minimum atomic E-state index is -2.54. The third kappa shape index (κ3) is 3.65. The van der Waals surface area contributed by atoms with Gasteiger partial charge in [-0.3, -0.25) is 4.79 Å². The number of hydrogen-bond acceptors (Lipinski definition) is 3. The Balaban J connectivity index is 1.77. The molecule has 0 aromatic carbocycles. The van der Waals surface area contributed by atoms with Gasteiger partial charge in [0.15, 0.2) is 0 Å². The van der Waals surface area contributed by atoms with Crippen LogP contribution in [-0.4, -0.2) is 34.9 Å². The van der Waals surface area contributed by atoms with Crippen molar-refractivity contribution in [1.82, 2.24) is 9.88 Å². The molecule has 1 aromatic heterocycles. The van der Waals surface area contributed by atoms with Crippen LogP contribution < -0.4 is 0 Å². The molecule has 0 saturated heterocycles. The van der Waals surface area contributed by atoms with Gasteiger partial charge in [0.1, 0.15) is 17.5 Å². The molecule has 25 heavy (non-hydrogen) atoms. The zero-order valence-corrected chi connectivity index (χ0v) is 14.9. The number of ether oxygens (including phenoxy) is 1. The molecule has 1 aliphatic heterocycles. The maximum atomic E-state index is 12.6. The fourth-order valence-corrected chi connectivity index (χ4v) is 3.56. The van der Waals surface area contributed by atoms with Crippen LogP contribution in [0.4, 0.5) is 8.78 Å². The largest absolute Gasteiger partial charge is 0.490 e. The first-order chi connectivity index (χ1) is 11.9. The lowest BCUT2D eigenvalue weighted by atomic mass is 9.96. The van der Waals surface area contributed by atoms with Gasteiger partial charge in [-0.25, -0.2) is 13.8 Å². The van der Waals surface area contributed by atoms with Crippen molar-refractivity contribution in [2.24, 2.45) is 0 Å². The summed E-state index contributed by atoms with van der Waals surface area (Å²) in [5.41, 5.74) is 2.23. The number of rotatable bonds is 5. The molecule has 134 valence electrons. The monoisotopic (exact) mass is 388 g/mol. The fraction of sp³-hybridized carbons (Fsp3) is 0.412. The third-order valence-electron chi connectivity index (χ3n) is 4.43. The zero-order valence-electron chi connectivity index (χ0n) is 13.4. The number of nitrogens with zero attached hydrogens (tertiary/aromatic N) is 2. The Kier molecular flexibility index (Phi) is 5.29. The second-order valence-corrected chi connectivity index (χ2v) is 6.69. The SMILES string of the molecule is CC(C1=CC(Cl)=C(OCC(F)F)CC1)N1Cc2c(ccnc2Cl)C1=O. The topological polar surface area (TPSA) is 42.4 Å². The van der Waals surface area contributed by atoms with Gasteiger partial charge in [-0.05, 0) is 31.1 Å². The number of carbonyl (C=O) groups is 1. The van der Waals surface area contributed by atoms with Crippen LogP contribution in [0.3, 0.4) is 0 Å². The number of amides is 1. The summed E-state index contributed by atoms with van der Waals surface area (Å²) < 4.78 is 29.6. The summed E-state index contributed by atoms with van der Waals surface area (Å²) in [5.74, 6) is 0.258. The smallest absolute Gasteiger partial charge is 0.272 e. The van der Waals surface area contributed by atoms with Crippen LogP contribution in [0.25, 0.3) is 0 Å². The normalized spacial score (nSPS) is 18.6. The second-order valence-electron chi connectivity index (χ2n) is 5.93. The average molecular weight is 389 g/mol. The highest BCUT2D eigenvalue weighted by molar-refractivity contribution is 6.31. The minimum Gasteiger partial charge on any atom is -0.490 e. The molecule has 1 atom stereocenters. The standard InChI is InChI=1S/C17H16Cl2F2N2O2/c1-9(10-2-3-14(13(18)6-10)25-8-15(20)21)23-7-12-11(17(23)24)4-5-22-16(12)19/h4-6,9,15H,2-3,7-8H2,1H3. The predicted molar refractivity (Wildman–Crippen MR) is 90.7 cm³/mol. The number of aromatic nitrogens is 1. The molecule has 0 saturated carbocycles. The Labute approximate surface area is 154 Å². The molecule has 8 heteroatoms. The van der Waals surface area contributed by atoms with Gasteiger partial charge in [-0.15, -0.1) is 0 Å². The fourth-order valence-electron chi connectivity index (χ4n) is 3.05. The van der Waals surface area contributed by atoms with E-state index < -0.39 is 13.0 Å². The molecule has 0 spiro atoms. The molecule has 3 rings (SSSR count). The van der Waals surface area contributed by atoms with Gasteiger partial charge in [-0.2, -0.15) is 0 Å².